The van der Waals surface area contributed by atoms with Crippen LogP contribution in [0.2, 0.25) is 0 Å². The molecule has 0 saturated heterocycles. The fourth-order valence-electron chi connectivity index (χ4n) is 0.165. The zero-order valence-electron chi connectivity index (χ0n) is 3.90. The molecule has 0 atom stereocenters. The first-order valence-corrected chi connectivity index (χ1v) is 1.87. The van der Waals surface area contributed by atoms with Crippen LogP contribution in [-0.4, -0.2) is 12.6 Å². The highest BCUT2D eigenvalue weighted by Crippen LogP contribution is 1.58. The molecule has 0 aliphatic heterocycles. The molecule has 0 aromatic carbocycles. The molecule has 0 aromatic rings. The van der Waals surface area contributed by atoms with Gasteiger partial charge >= 0.3 is 6.03 Å². The number of amides is 2. The Hall–Kier alpha value is -0.990. The van der Waals surface area contributed by atoms with Crippen LogP contribution in [0.5, 0.6) is 0 Å². The molecule has 2 N–H and O–H groups in total. The Balaban J connectivity index is 2.97. The highest BCUT2D eigenvalue weighted by molar-refractivity contribution is 5.70. The Morgan fingerprint density at radius 1 is 2.00 bits per heavy atom. The standard InChI is InChI=1S/C4H7N2O/c1-2-3-6-4(5)7/h2,5H,1,3H2,(H,6,7). The Kier molecular flexibility index (Phi) is 2.76. The van der Waals surface area contributed by atoms with E-state index in [1.54, 1.807) is 0 Å². The lowest BCUT2D eigenvalue weighted by molar-refractivity contribution is 0.248. The maximum absolute atomic E-state index is 9.71. The van der Waals surface area contributed by atoms with Gasteiger partial charge in [-0.15, -0.1) is 6.58 Å². The van der Waals surface area contributed by atoms with Gasteiger partial charge < -0.3 is 5.32 Å². The second kappa shape index (κ2) is 3.21. The molecule has 0 rings (SSSR count). The molecule has 0 bridgehead atoms. The van der Waals surface area contributed by atoms with Crippen molar-refractivity contribution in [3.05, 3.63) is 12.7 Å². The predicted octanol–water partition coefficient (Wildman–Crippen LogP) is 0.165. The molecule has 0 unspecified atom stereocenters. The third kappa shape index (κ3) is 5.01. The van der Waals surface area contributed by atoms with Gasteiger partial charge in [-0.05, 0) is 0 Å². The molecule has 0 heterocycles. The van der Waals surface area contributed by atoms with Crippen molar-refractivity contribution in [2.45, 2.75) is 0 Å². The van der Waals surface area contributed by atoms with Gasteiger partial charge in [-0.25, -0.2) is 10.5 Å². The monoisotopic (exact) mass is 99.1 g/mol. The molecule has 3 nitrogen and oxygen atoms in total. The molecule has 0 aliphatic carbocycles. The third-order valence-corrected chi connectivity index (χ3v) is 0.407. The van der Waals surface area contributed by atoms with Crippen LogP contribution in [0.1, 0.15) is 0 Å². The van der Waals surface area contributed by atoms with Crippen LogP contribution in [0.4, 0.5) is 4.79 Å². The van der Waals surface area contributed by atoms with Crippen LogP contribution in [0, 0.1) is 0 Å². The zero-order chi connectivity index (χ0) is 5.70. The molecule has 3 heteroatoms. The maximum atomic E-state index is 9.71. The van der Waals surface area contributed by atoms with E-state index in [0.717, 1.165) is 0 Å². The minimum Gasteiger partial charge on any atom is -0.333 e. The summed E-state index contributed by atoms with van der Waals surface area (Å²) in [5.74, 6) is 0. The fourth-order valence-corrected chi connectivity index (χ4v) is 0.165. The molecule has 7 heavy (non-hydrogen) atoms. The van der Waals surface area contributed by atoms with E-state index < -0.39 is 6.03 Å². The second-order valence-electron chi connectivity index (χ2n) is 0.999. The molecule has 0 fully saturated rings. The van der Waals surface area contributed by atoms with E-state index in [4.69, 9.17) is 5.73 Å². The van der Waals surface area contributed by atoms with Gasteiger partial charge in [-0.3, -0.25) is 0 Å². The summed E-state index contributed by atoms with van der Waals surface area (Å²) in [5.41, 5.74) is 6.28. The Morgan fingerprint density at radius 2 is 2.57 bits per heavy atom. The highest BCUT2D eigenvalue weighted by Gasteiger charge is 1.83. The van der Waals surface area contributed by atoms with Gasteiger partial charge in [-0.1, -0.05) is 6.08 Å². The summed E-state index contributed by atoms with van der Waals surface area (Å²) in [4.78, 5) is 9.71. The summed E-state index contributed by atoms with van der Waals surface area (Å²) in [6.07, 6.45) is 1.52. The van der Waals surface area contributed by atoms with Crippen LogP contribution < -0.4 is 11.1 Å². The molecule has 0 aliphatic rings. The van der Waals surface area contributed by atoms with E-state index in [2.05, 4.69) is 11.9 Å². The minimum atomic E-state index is -0.764. The van der Waals surface area contributed by atoms with Crippen LogP contribution >= 0.6 is 0 Å². The van der Waals surface area contributed by atoms with Gasteiger partial charge in [0.05, 0.1) is 0 Å². The summed E-state index contributed by atoms with van der Waals surface area (Å²) < 4.78 is 0. The number of hydrogen-bond donors (Lipinski definition) is 1. The first-order chi connectivity index (χ1) is 3.27. The number of hydrogen-bond acceptors (Lipinski definition) is 1. The largest absolute Gasteiger partial charge is 0.333 e. The SMILES string of the molecule is C=CCNC([NH])=O. The lowest BCUT2D eigenvalue weighted by Gasteiger charge is -1.89. The van der Waals surface area contributed by atoms with Crippen LogP contribution in [-0.2, 0) is 0 Å². The summed E-state index contributed by atoms with van der Waals surface area (Å²) in [6.45, 7) is 3.71. The molecule has 39 valence electrons. The molecule has 0 spiro atoms. The van der Waals surface area contributed by atoms with E-state index in [9.17, 15) is 4.79 Å². The summed E-state index contributed by atoms with van der Waals surface area (Å²) in [7, 11) is 0. The van der Waals surface area contributed by atoms with Gasteiger partial charge in [0, 0.05) is 6.54 Å². The minimum absolute atomic E-state index is 0.377. The summed E-state index contributed by atoms with van der Waals surface area (Å²) >= 11 is 0. The smallest absolute Gasteiger partial charge is 0.333 e. The van der Waals surface area contributed by atoms with E-state index in [0.29, 0.717) is 6.54 Å². The van der Waals surface area contributed by atoms with E-state index in [-0.39, 0.29) is 0 Å². The molecule has 0 saturated carbocycles. The number of carbonyl (C=O) groups excluding carboxylic acids is 1. The first kappa shape index (κ1) is 6.01. The number of urea groups is 1. The van der Waals surface area contributed by atoms with Crippen LogP contribution in [0.15, 0.2) is 12.7 Å². The van der Waals surface area contributed by atoms with E-state index in [1.165, 1.54) is 6.08 Å². The van der Waals surface area contributed by atoms with Crippen LogP contribution in [0.25, 0.3) is 0 Å². The first-order valence-electron chi connectivity index (χ1n) is 1.87. The average Bonchev–Trinajstić information content (AvgIpc) is 1.61. The Bertz CT molecular complexity index is 79.8. The van der Waals surface area contributed by atoms with Crippen molar-refractivity contribution < 1.29 is 4.79 Å². The molecule has 1 radical (unpaired) electrons. The maximum Gasteiger partial charge on any atom is 0.333 e. The van der Waals surface area contributed by atoms with Crippen molar-refractivity contribution >= 4 is 6.03 Å². The third-order valence-electron chi connectivity index (χ3n) is 0.407. The van der Waals surface area contributed by atoms with Crippen molar-refractivity contribution in [1.29, 1.82) is 0 Å². The number of nitrogens with one attached hydrogen (secondary N) is 2. The van der Waals surface area contributed by atoms with Crippen molar-refractivity contribution in [2.75, 3.05) is 6.54 Å². The van der Waals surface area contributed by atoms with Gasteiger partial charge in [0.15, 0.2) is 0 Å². The van der Waals surface area contributed by atoms with Gasteiger partial charge in [0.25, 0.3) is 0 Å². The van der Waals surface area contributed by atoms with Crippen molar-refractivity contribution in [2.24, 2.45) is 0 Å². The van der Waals surface area contributed by atoms with Gasteiger partial charge in [0.2, 0.25) is 0 Å². The lowest BCUT2D eigenvalue weighted by Crippen LogP contribution is -2.21. The molecular weight excluding hydrogens is 92.1 g/mol. The number of carbonyl (C=O) groups is 1. The van der Waals surface area contributed by atoms with Gasteiger partial charge in [0.1, 0.15) is 0 Å². The second-order valence-corrected chi connectivity index (χ2v) is 0.999. The predicted molar refractivity (Wildman–Crippen MR) is 26.7 cm³/mol. The molecule has 0 aromatic heterocycles. The Labute approximate surface area is 42.2 Å². The van der Waals surface area contributed by atoms with Crippen molar-refractivity contribution in [3.63, 3.8) is 0 Å². The topological polar surface area (TPSA) is 52.9 Å². The average molecular weight is 99.1 g/mol. The number of rotatable bonds is 2. The van der Waals surface area contributed by atoms with Crippen LogP contribution in [0.3, 0.4) is 0 Å². The quantitative estimate of drug-likeness (QED) is 0.493. The van der Waals surface area contributed by atoms with E-state index in [1.807, 2.05) is 0 Å². The Morgan fingerprint density at radius 3 is 2.71 bits per heavy atom. The normalized spacial score (nSPS) is 7.43. The summed E-state index contributed by atoms with van der Waals surface area (Å²) in [5, 5.41) is 2.20. The van der Waals surface area contributed by atoms with E-state index >= 15 is 0 Å². The zero-order valence-corrected chi connectivity index (χ0v) is 3.90. The summed E-state index contributed by atoms with van der Waals surface area (Å²) in [6, 6.07) is -0.764. The van der Waals surface area contributed by atoms with Crippen molar-refractivity contribution in [3.8, 4) is 0 Å². The van der Waals surface area contributed by atoms with Gasteiger partial charge in [-0.2, -0.15) is 0 Å². The lowest BCUT2D eigenvalue weighted by atomic mass is 10.6. The highest BCUT2D eigenvalue weighted by atomic mass is 16.2. The molecule has 2 amide bonds. The fraction of sp³-hybridized carbons (Fsp3) is 0.250. The molecular formula is C4H7N2O. The van der Waals surface area contributed by atoms with Crippen molar-refractivity contribution in [1.82, 2.24) is 11.1 Å².